The van der Waals surface area contributed by atoms with Gasteiger partial charge in [-0.25, -0.2) is 0 Å². The van der Waals surface area contributed by atoms with Crippen molar-refractivity contribution in [3.05, 3.63) is 52.7 Å². The lowest BCUT2D eigenvalue weighted by Gasteiger charge is -2.32. The van der Waals surface area contributed by atoms with Gasteiger partial charge in [0.1, 0.15) is 0 Å². The van der Waals surface area contributed by atoms with E-state index < -0.39 is 0 Å². The van der Waals surface area contributed by atoms with Crippen LogP contribution in [0.15, 0.2) is 47.8 Å². The van der Waals surface area contributed by atoms with Crippen molar-refractivity contribution in [2.45, 2.75) is 26.2 Å². The van der Waals surface area contributed by atoms with Crippen LogP contribution in [0.1, 0.15) is 35.9 Å². The van der Waals surface area contributed by atoms with Gasteiger partial charge in [-0.05, 0) is 49.8 Å². The van der Waals surface area contributed by atoms with Crippen molar-refractivity contribution >= 4 is 28.8 Å². The first-order chi connectivity index (χ1) is 13.7. The zero-order valence-corrected chi connectivity index (χ0v) is 17.3. The standard InChI is InChI=1S/C22H29N3O2S/c1-2-24(19-10-4-3-5-11-19)15-8-13-23-21(26)18-9-6-14-25(17-18)22(27)20-12-7-16-28-20/h3-5,7,10-12,16,18H,2,6,8-9,13-15,17H2,1H3,(H,23,26). The zero-order chi connectivity index (χ0) is 19.8. The normalized spacial score (nSPS) is 16.6. The number of nitrogens with zero attached hydrogens (tertiary/aromatic N) is 2. The Morgan fingerprint density at radius 3 is 2.75 bits per heavy atom. The number of carbonyl (C=O) groups is 2. The third kappa shape index (κ3) is 5.35. The summed E-state index contributed by atoms with van der Waals surface area (Å²) < 4.78 is 0. The molecule has 0 spiro atoms. The molecule has 1 aliphatic rings. The number of hydrogen-bond donors (Lipinski definition) is 1. The van der Waals surface area contributed by atoms with Crippen molar-refractivity contribution in [1.29, 1.82) is 0 Å². The summed E-state index contributed by atoms with van der Waals surface area (Å²) in [5, 5.41) is 4.99. The first-order valence-corrected chi connectivity index (χ1v) is 11.0. The molecule has 2 aromatic rings. The minimum atomic E-state index is -0.103. The fourth-order valence-electron chi connectivity index (χ4n) is 3.67. The van der Waals surface area contributed by atoms with Crippen LogP contribution in [0, 0.1) is 5.92 Å². The number of amides is 2. The molecule has 1 unspecified atom stereocenters. The SMILES string of the molecule is CCN(CCCNC(=O)C1CCCN(C(=O)c2cccs2)C1)c1ccccc1. The van der Waals surface area contributed by atoms with E-state index in [0.717, 1.165) is 43.8 Å². The van der Waals surface area contributed by atoms with Crippen LogP contribution in [0.3, 0.4) is 0 Å². The lowest BCUT2D eigenvalue weighted by Crippen LogP contribution is -2.45. The van der Waals surface area contributed by atoms with Gasteiger partial charge < -0.3 is 15.1 Å². The maximum absolute atomic E-state index is 12.6. The van der Waals surface area contributed by atoms with Crippen LogP contribution in [0.4, 0.5) is 5.69 Å². The number of anilines is 1. The molecule has 5 nitrogen and oxygen atoms in total. The summed E-state index contributed by atoms with van der Waals surface area (Å²) in [6, 6.07) is 14.1. The van der Waals surface area contributed by atoms with Crippen molar-refractivity contribution in [1.82, 2.24) is 10.2 Å². The number of para-hydroxylation sites is 1. The number of rotatable bonds is 8. The lowest BCUT2D eigenvalue weighted by molar-refractivity contribution is -0.126. The lowest BCUT2D eigenvalue weighted by atomic mass is 9.97. The second-order valence-electron chi connectivity index (χ2n) is 7.13. The summed E-state index contributed by atoms with van der Waals surface area (Å²) in [6.07, 6.45) is 2.64. The van der Waals surface area contributed by atoms with Crippen LogP contribution >= 0.6 is 11.3 Å². The topological polar surface area (TPSA) is 52.7 Å². The zero-order valence-electron chi connectivity index (χ0n) is 16.5. The molecule has 2 amide bonds. The smallest absolute Gasteiger partial charge is 0.263 e. The van der Waals surface area contributed by atoms with Gasteiger partial charge in [0, 0.05) is 38.4 Å². The summed E-state index contributed by atoms with van der Waals surface area (Å²) in [5.41, 5.74) is 1.21. The van der Waals surface area contributed by atoms with Crippen LogP contribution in [-0.4, -0.2) is 49.4 Å². The molecule has 1 fully saturated rings. The van der Waals surface area contributed by atoms with E-state index in [0.29, 0.717) is 13.1 Å². The van der Waals surface area contributed by atoms with E-state index in [-0.39, 0.29) is 17.7 Å². The summed E-state index contributed by atoms with van der Waals surface area (Å²) in [5.74, 6) is 0.0226. The molecule has 1 atom stereocenters. The second kappa shape index (κ2) is 10.3. The number of piperidine rings is 1. The highest BCUT2D eigenvalue weighted by Gasteiger charge is 2.29. The fourth-order valence-corrected chi connectivity index (χ4v) is 4.36. The molecule has 0 saturated carbocycles. The number of likely N-dealkylation sites (tertiary alicyclic amines) is 1. The maximum atomic E-state index is 12.6. The molecule has 28 heavy (non-hydrogen) atoms. The van der Waals surface area contributed by atoms with Gasteiger partial charge in [0.15, 0.2) is 0 Å². The van der Waals surface area contributed by atoms with Gasteiger partial charge in [0.25, 0.3) is 5.91 Å². The Hall–Kier alpha value is -2.34. The third-order valence-electron chi connectivity index (χ3n) is 5.22. The number of thiophene rings is 1. The van der Waals surface area contributed by atoms with E-state index in [1.807, 2.05) is 40.6 Å². The Bertz CT molecular complexity index is 748. The Kier molecular flexibility index (Phi) is 7.48. The molecule has 0 radical (unpaired) electrons. The Balaban J connectivity index is 1.42. The van der Waals surface area contributed by atoms with E-state index in [1.54, 1.807) is 0 Å². The highest BCUT2D eigenvalue weighted by atomic mass is 32.1. The van der Waals surface area contributed by atoms with Gasteiger partial charge in [-0.15, -0.1) is 11.3 Å². The van der Waals surface area contributed by atoms with E-state index >= 15 is 0 Å². The predicted octanol–water partition coefficient (Wildman–Crippen LogP) is 3.63. The van der Waals surface area contributed by atoms with Gasteiger partial charge in [-0.1, -0.05) is 24.3 Å². The average Bonchev–Trinajstić information content (AvgIpc) is 3.29. The number of nitrogens with one attached hydrogen (secondary N) is 1. The van der Waals surface area contributed by atoms with E-state index in [9.17, 15) is 9.59 Å². The molecule has 0 bridgehead atoms. The van der Waals surface area contributed by atoms with E-state index in [1.165, 1.54) is 17.0 Å². The third-order valence-corrected chi connectivity index (χ3v) is 6.08. The monoisotopic (exact) mass is 399 g/mol. The van der Waals surface area contributed by atoms with Crippen LogP contribution in [0.2, 0.25) is 0 Å². The van der Waals surface area contributed by atoms with Gasteiger partial charge in [0.05, 0.1) is 10.8 Å². The quantitative estimate of drug-likeness (QED) is 0.690. The van der Waals surface area contributed by atoms with Gasteiger partial charge in [0.2, 0.25) is 5.91 Å². The highest BCUT2D eigenvalue weighted by Crippen LogP contribution is 2.20. The predicted molar refractivity (Wildman–Crippen MR) is 115 cm³/mol. The first-order valence-electron chi connectivity index (χ1n) is 10.1. The molecule has 0 aliphatic carbocycles. The van der Waals surface area contributed by atoms with Crippen LogP contribution < -0.4 is 10.2 Å². The Labute approximate surface area is 171 Å². The fraction of sp³-hybridized carbons (Fsp3) is 0.455. The Morgan fingerprint density at radius 1 is 1.21 bits per heavy atom. The van der Waals surface area contributed by atoms with Crippen molar-refractivity contribution < 1.29 is 9.59 Å². The summed E-state index contributed by atoms with van der Waals surface area (Å²) >= 11 is 1.46. The number of carbonyl (C=O) groups excluding carboxylic acids is 2. The van der Waals surface area contributed by atoms with Crippen molar-refractivity contribution in [2.75, 3.05) is 37.6 Å². The van der Waals surface area contributed by atoms with E-state index in [4.69, 9.17) is 0 Å². The van der Waals surface area contributed by atoms with Gasteiger partial charge in [-0.2, -0.15) is 0 Å². The Morgan fingerprint density at radius 2 is 2.04 bits per heavy atom. The molecule has 3 rings (SSSR count). The number of hydrogen-bond acceptors (Lipinski definition) is 4. The molecule has 2 heterocycles. The molecule has 6 heteroatoms. The van der Waals surface area contributed by atoms with Gasteiger partial charge in [-0.3, -0.25) is 9.59 Å². The van der Waals surface area contributed by atoms with E-state index in [2.05, 4.69) is 29.3 Å². The van der Waals surface area contributed by atoms with Crippen molar-refractivity contribution in [3.8, 4) is 0 Å². The molecule has 1 aromatic carbocycles. The minimum Gasteiger partial charge on any atom is -0.372 e. The van der Waals surface area contributed by atoms with Crippen LogP contribution in [-0.2, 0) is 4.79 Å². The molecule has 1 N–H and O–H groups in total. The molecule has 150 valence electrons. The summed E-state index contributed by atoms with van der Waals surface area (Å²) in [6.45, 7) is 5.93. The van der Waals surface area contributed by atoms with Crippen LogP contribution in [0.5, 0.6) is 0 Å². The first kappa shape index (κ1) is 20.4. The average molecular weight is 400 g/mol. The largest absolute Gasteiger partial charge is 0.372 e. The molecular formula is C22H29N3O2S. The summed E-state index contributed by atoms with van der Waals surface area (Å²) in [7, 11) is 0. The molecule has 1 aliphatic heterocycles. The molecular weight excluding hydrogens is 370 g/mol. The number of benzene rings is 1. The second-order valence-corrected chi connectivity index (χ2v) is 8.08. The molecule has 1 aromatic heterocycles. The van der Waals surface area contributed by atoms with Crippen molar-refractivity contribution in [3.63, 3.8) is 0 Å². The van der Waals surface area contributed by atoms with Crippen LogP contribution in [0.25, 0.3) is 0 Å². The van der Waals surface area contributed by atoms with Gasteiger partial charge >= 0.3 is 0 Å². The minimum absolute atomic E-state index is 0.0500. The highest BCUT2D eigenvalue weighted by molar-refractivity contribution is 7.12. The summed E-state index contributed by atoms with van der Waals surface area (Å²) in [4.78, 5) is 30.0. The maximum Gasteiger partial charge on any atom is 0.263 e. The van der Waals surface area contributed by atoms with Crippen molar-refractivity contribution in [2.24, 2.45) is 5.92 Å². The molecule has 1 saturated heterocycles.